The molecule has 1 saturated carbocycles. The summed E-state index contributed by atoms with van der Waals surface area (Å²) in [6.07, 6.45) is 5.75. The molecule has 4 heteroatoms. The summed E-state index contributed by atoms with van der Waals surface area (Å²) in [4.78, 5) is 25.5. The van der Waals surface area contributed by atoms with E-state index < -0.39 is 0 Å². The lowest BCUT2D eigenvalue weighted by atomic mass is 9.95. The predicted octanol–water partition coefficient (Wildman–Crippen LogP) is 2.21. The van der Waals surface area contributed by atoms with Crippen molar-refractivity contribution >= 4 is 11.8 Å². The molecule has 2 rings (SSSR count). The molecule has 0 spiro atoms. The van der Waals surface area contributed by atoms with E-state index in [4.69, 9.17) is 0 Å². The fourth-order valence-corrected chi connectivity index (χ4v) is 2.61. The topological polar surface area (TPSA) is 49.4 Å². The van der Waals surface area contributed by atoms with Gasteiger partial charge in [0.15, 0.2) is 0 Å². The van der Waals surface area contributed by atoms with Gasteiger partial charge in [-0.05, 0) is 25.0 Å². The number of carbonyl (C=O) groups excluding carboxylic acids is 2. The van der Waals surface area contributed by atoms with Crippen LogP contribution in [0, 0.1) is 0 Å². The van der Waals surface area contributed by atoms with Crippen LogP contribution >= 0.6 is 0 Å². The molecule has 0 aliphatic heterocycles. The first-order chi connectivity index (χ1) is 9.66. The summed E-state index contributed by atoms with van der Waals surface area (Å²) in [7, 11) is 1.66. The van der Waals surface area contributed by atoms with Crippen LogP contribution in [0.4, 0.5) is 0 Å². The normalized spacial score (nSPS) is 15.7. The van der Waals surface area contributed by atoms with E-state index in [2.05, 4.69) is 5.32 Å². The summed E-state index contributed by atoms with van der Waals surface area (Å²) >= 11 is 0. The second-order valence-corrected chi connectivity index (χ2v) is 5.43. The Balaban J connectivity index is 1.82. The minimum atomic E-state index is -0.121. The molecule has 0 aromatic heterocycles. The first-order valence-corrected chi connectivity index (χ1v) is 7.26. The van der Waals surface area contributed by atoms with Crippen LogP contribution in [0.3, 0.4) is 0 Å². The van der Waals surface area contributed by atoms with Crippen LogP contribution in [0.25, 0.3) is 0 Å². The maximum Gasteiger partial charge on any atom is 0.254 e. The summed E-state index contributed by atoms with van der Waals surface area (Å²) in [6, 6.07) is 9.32. The molecule has 1 aliphatic rings. The highest BCUT2D eigenvalue weighted by Crippen LogP contribution is 2.17. The van der Waals surface area contributed by atoms with Crippen molar-refractivity contribution in [1.29, 1.82) is 0 Å². The lowest BCUT2D eigenvalue weighted by molar-refractivity contribution is -0.122. The quantitative estimate of drug-likeness (QED) is 0.915. The van der Waals surface area contributed by atoms with Gasteiger partial charge in [-0.3, -0.25) is 9.59 Å². The molecule has 4 nitrogen and oxygen atoms in total. The number of hydrogen-bond acceptors (Lipinski definition) is 2. The van der Waals surface area contributed by atoms with E-state index in [1.807, 2.05) is 18.2 Å². The zero-order chi connectivity index (χ0) is 14.4. The third-order valence-corrected chi connectivity index (χ3v) is 3.72. The van der Waals surface area contributed by atoms with Crippen LogP contribution in [0.5, 0.6) is 0 Å². The molecule has 0 unspecified atom stereocenters. The number of nitrogens with one attached hydrogen (secondary N) is 1. The smallest absolute Gasteiger partial charge is 0.254 e. The molecule has 0 atom stereocenters. The minimum absolute atomic E-state index is 0.0660. The number of hydrogen-bond donors (Lipinski definition) is 1. The molecule has 1 N–H and O–H groups in total. The van der Waals surface area contributed by atoms with Gasteiger partial charge in [0.25, 0.3) is 5.91 Å². The Bertz CT molecular complexity index is 453. The average Bonchev–Trinajstić information content (AvgIpc) is 2.48. The number of carbonyl (C=O) groups is 2. The molecule has 1 aromatic carbocycles. The molecule has 1 fully saturated rings. The van der Waals surface area contributed by atoms with Crippen molar-refractivity contribution in [1.82, 2.24) is 10.2 Å². The molecule has 2 amide bonds. The number of benzene rings is 1. The van der Waals surface area contributed by atoms with Crippen molar-refractivity contribution in [2.24, 2.45) is 0 Å². The van der Waals surface area contributed by atoms with E-state index in [1.54, 1.807) is 19.2 Å². The van der Waals surface area contributed by atoms with Gasteiger partial charge in [-0.15, -0.1) is 0 Å². The molecule has 0 heterocycles. The number of amides is 2. The molecule has 0 bridgehead atoms. The monoisotopic (exact) mass is 274 g/mol. The van der Waals surface area contributed by atoms with Gasteiger partial charge in [0.05, 0.1) is 6.54 Å². The summed E-state index contributed by atoms with van der Waals surface area (Å²) in [5, 5.41) is 3.02. The summed E-state index contributed by atoms with van der Waals surface area (Å²) in [6.45, 7) is 0.115. The van der Waals surface area contributed by atoms with Gasteiger partial charge in [0, 0.05) is 18.7 Å². The molecule has 0 radical (unpaired) electrons. The second-order valence-electron chi connectivity index (χ2n) is 5.43. The van der Waals surface area contributed by atoms with Crippen LogP contribution in [0.1, 0.15) is 42.5 Å². The Kier molecular flexibility index (Phi) is 5.16. The Morgan fingerprint density at radius 2 is 1.80 bits per heavy atom. The van der Waals surface area contributed by atoms with Crippen molar-refractivity contribution < 1.29 is 9.59 Å². The van der Waals surface area contributed by atoms with Crippen LogP contribution < -0.4 is 5.32 Å². The maximum absolute atomic E-state index is 12.1. The largest absolute Gasteiger partial charge is 0.352 e. The van der Waals surface area contributed by atoms with Crippen LogP contribution in [0.15, 0.2) is 30.3 Å². The predicted molar refractivity (Wildman–Crippen MR) is 78.4 cm³/mol. The van der Waals surface area contributed by atoms with Gasteiger partial charge < -0.3 is 10.2 Å². The molecule has 1 aromatic rings. The lowest BCUT2D eigenvalue weighted by Gasteiger charge is -2.24. The Labute approximate surface area is 120 Å². The van der Waals surface area contributed by atoms with E-state index in [0.29, 0.717) is 5.56 Å². The van der Waals surface area contributed by atoms with E-state index in [-0.39, 0.29) is 24.4 Å². The number of rotatable bonds is 4. The zero-order valence-corrected chi connectivity index (χ0v) is 12.0. The van der Waals surface area contributed by atoms with Crippen LogP contribution in [-0.2, 0) is 4.79 Å². The highest BCUT2D eigenvalue weighted by molar-refractivity contribution is 5.96. The standard InChI is InChI=1S/C16H22N2O2/c1-18(16(20)13-8-4-2-5-9-13)12-15(19)17-14-10-6-3-7-11-14/h2,4-5,8-9,14H,3,6-7,10-12H2,1H3,(H,17,19). The highest BCUT2D eigenvalue weighted by Gasteiger charge is 2.18. The van der Waals surface area contributed by atoms with Crippen molar-refractivity contribution in [3.8, 4) is 0 Å². The third kappa shape index (κ3) is 4.08. The SMILES string of the molecule is CN(CC(=O)NC1CCCCC1)C(=O)c1ccccc1. The number of nitrogens with zero attached hydrogens (tertiary/aromatic N) is 1. The van der Waals surface area contributed by atoms with Crippen LogP contribution in [0.2, 0.25) is 0 Å². The lowest BCUT2D eigenvalue weighted by Crippen LogP contribution is -2.43. The van der Waals surface area contributed by atoms with Gasteiger partial charge in [-0.2, -0.15) is 0 Å². The molecule has 0 saturated heterocycles. The summed E-state index contributed by atoms with van der Waals surface area (Å²) in [5.74, 6) is -0.187. The van der Waals surface area contributed by atoms with E-state index >= 15 is 0 Å². The van der Waals surface area contributed by atoms with Crippen molar-refractivity contribution in [2.45, 2.75) is 38.1 Å². The summed E-state index contributed by atoms with van der Waals surface area (Å²) in [5.41, 5.74) is 0.612. The average molecular weight is 274 g/mol. The molecule has 108 valence electrons. The van der Waals surface area contributed by atoms with Crippen LogP contribution in [-0.4, -0.2) is 36.3 Å². The van der Waals surface area contributed by atoms with Gasteiger partial charge in [0.1, 0.15) is 0 Å². The van der Waals surface area contributed by atoms with Crippen molar-refractivity contribution in [3.63, 3.8) is 0 Å². The van der Waals surface area contributed by atoms with Gasteiger partial charge in [0.2, 0.25) is 5.91 Å². The van der Waals surface area contributed by atoms with Gasteiger partial charge in [-0.25, -0.2) is 0 Å². The Hall–Kier alpha value is -1.84. The molecule has 1 aliphatic carbocycles. The molecular weight excluding hydrogens is 252 g/mol. The second kappa shape index (κ2) is 7.08. The third-order valence-electron chi connectivity index (χ3n) is 3.72. The van der Waals surface area contributed by atoms with Gasteiger partial charge >= 0.3 is 0 Å². The fraction of sp³-hybridized carbons (Fsp3) is 0.500. The zero-order valence-electron chi connectivity index (χ0n) is 12.0. The van der Waals surface area contributed by atoms with E-state index in [9.17, 15) is 9.59 Å². The molecular formula is C16H22N2O2. The van der Waals surface area contributed by atoms with Crippen molar-refractivity contribution in [2.75, 3.05) is 13.6 Å². The van der Waals surface area contributed by atoms with Crippen molar-refractivity contribution in [3.05, 3.63) is 35.9 Å². The Morgan fingerprint density at radius 1 is 1.15 bits per heavy atom. The van der Waals surface area contributed by atoms with E-state index in [0.717, 1.165) is 12.8 Å². The van der Waals surface area contributed by atoms with E-state index in [1.165, 1.54) is 24.2 Å². The molecule has 20 heavy (non-hydrogen) atoms. The minimum Gasteiger partial charge on any atom is -0.352 e. The fourth-order valence-electron chi connectivity index (χ4n) is 2.61. The highest BCUT2D eigenvalue weighted by atomic mass is 16.2. The maximum atomic E-state index is 12.1. The summed E-state index contributed by atoms with van der Waals surface area (Å²) < 4.78 is 0. The number of likely N-dealkylation sites (N-methyl/N-ethyl adjacent to an activating group) is 1. The first kappa shape index (κ1) is 14.6. The first-order valence-electron chi connectivity index (χ1n) is 7.26. The van der Waals surface area contributed by atoms with Gasteiger partial charge in [-0.1, -0.05) is 37.5 Å². The Morgan fingerprint density at radius 3 is 2.45 bits per heavy atom.